The highest BCUT2D eigenvalue weighted by molar-refractivity contribution is 5.80. The summed E-state index contributed by atoms with van der Waals surface area (Å²) in [6.07, 6.45) is 14.9. The van der Waals surface area contributed by atoms with E-state index in [9.17, 15) is 9.59 Å². The molecule has 0 aromatic rings. The zero-order valence-electron chi connectivity index (χ0n) is 17.0. The second kappa shape index (κ2) is 17.1. The number of nitrogens with zero attached hydrogens (tertiary/aromatic N) is 2. The smallest absolute Gasteiger partial charge is 0.242 e. The van der Waals surface area contributed by atoms with Crippen LogP contribution in [0.4, 0.5) is 0 Å². The van der Waals surface area contributed by atoms with Crippen molar-refractivity contribution in [2.45, 2.75) is 48.0 Å². The van der Waals surface area contributed by atoms with Crippen LogP contribution >= 0.6 is 0 Å². The molecule has 2 rings (SSSR count). The van der Waals surface area contributed by atoms with E-state index < -0.39 is 0 Å². The Morgan fingerprint density at radius 2 is 1.85 bits per heavy atom. The number of likely N-dealkylation sites (N-methyl/N-ethyl adjacent to an activating group) is 1. The SMILES string of the molecule is C.CC.CCC.CN(C=O)CC(=O)N1CCC2=C(C1)NC/C=C/C=C\C=C\2. The van der Waals surface area contributed by atoms with Crippen molar-refractivity contribution in [3.05, 3.63) is 47.7 Å². The predicted molar refractivity (Wildman–Crippen MR) is 116 cm³/mol. The number of rotatable bonds is 3. The summed E-state index contributed by atoms with van der Waals surface area (Å²) in [6, 6.07) is 0. The third-order valence-corrected chi connectivity index (χ3v) is 3.51. The Labute approximate surface area is 166 Å². The molecule has 0 saturated carbocycles. The first-order valence-electron chi connectivity index (χ1n) is 9.51. The summed E-state index contributed by atoms with van der Waals surface area (Å²) in [6.45, 7) is 10.4. The van der Waals surface area contributed by atoms with Gasteiger partial charge < -0.3 is 15.1 Å². The number of hydrogen-bond acceptors (Lipinski definition) is 3. The fourth-order valence-corrected chi connectivity index (χ4v) is 2.32. The maximum absolute atomic E-state index is 12.2. The molecule has 27 heavy (non-hydrogen) atoms. The summed E-state index contributed by atoms with van der Waals surface area (Å²) in [4.78, 5) is 25.9. The molecule has 0 aromatic carbocycles. The number of amides is 2. The molecule has 0 aromatic heterocycles. The summed E-state index contributed by atoms with van der Waals surface area (Å²) < 4.78 is 0. The van der Waals surface area contributed by atoms with Gasteiger partial charge in [0.1, 0.15) is 0 Å². The summed E-state index contributed by atoms with van der Waals surface area (Å²) >= 11 is 0. The quantitative estimate of drug-likeness (QED) is 0.759. The second-order valence-corrected chi connectivity index (χ2v) is 5.85. The Hall–Kier alpha value is -2.30. The first kappa shape index (κ1) is 26.9. The van der Waals surface area contributed by atoms with Gasteiger partial charge in [-0.15, -0.1) is 0 Å². The molecule has 154 valence electrons. The molecule has 5 nitrogen and oxygen atoms in total. The molecule has 2 amide bonds. The molecule has 2 heterocycles. The maximum Gasteiger partial charge on any atom is 0.242 e. The van der Waals surface area contributed by atoms with Gasteiger partial charge in [-0.2, -0.15) is 0 Å². The molecule has 0 saturated heterocycles. The van der Waals surface area contributed by atoms with Crippen molar-refractivity contribution in [3.63, 3.8) is 0 Å². The number of carbonyl (C=O) groups excluding carboxylic acids is 2. The van der Waals surface area contributed by atoms with Crippen LogP contribution in [0.2, 0.25) is 0 Å². The first-order chi connectivity index (χ1) is 12.6. The lowest BCUT2D eigenvalue weighted by Gasteiger charge is -2.31. The highest BCUT2D eigenvalue weighted by Crippen LogP contribution is 2.18. The largest absolute Gasteiger partial charge is 0.383 e. The van der Waals surface area contributed by atoms with Crippen molar-refractivity contribution >= 4 is 12.3 Å². The minimum atomic E-state index is -0.0190. The lowest BCUT2D eigenvalue weighted by molar-refractivity contribution is -0.134. The van der Waals surface area contributed by atoms with E-state index in [0.717, 1.165) is 18.7 Å². The van der Waals surface area contributed by atoms with Crippen LogP contribution < -0.4 is 5.32 Å². The molecule has 0 spiro atoms. The second-order valence-electron chi connectivity index (χ2n) is 5.85. The van der Waals surface area contributed by atoms with Gasteiger partial charge in [0.25, 0.3) is 0 Å². The monoisotopic (exact) mass is 377 g/mol. The molecule has 5 heteroatoms. The molecule has 0 aliphatic carbocycles. The molecule has 0 unspecified atom stereocenters. The fourth-order valence-electron chi connectivity index (χ4n) is 2.32. The highest BCUT2D eigenvalue weighted by Gasteiger charge is 2.22. The van der Waals surface area contributed by atoms with Crippen molar-refractivity contribution < 1.29 is 9.59 Å². The van der Waals surface area contributed by atoms with Gasteiger partial charge >= 0.3 is 0 Å². The Bertz CT molecular complexity index is 534. The lowest BCUT2D eigenvalue weighted by atomic mass is 10.0. The van der Waals surface area contributed by atoms with Crippen LogP contribution in [0.3, 0.4) is 0 Å². The van der Waals surface area contributed by atoms with E-state index in [1.54, 1.807) is 11.9 Å². The number of hydrogen-bond donors (Lipinski definition) is 1. The topological polar surface area (TPSA) is 52.7 Å². The normalized spacial score (nSPS) is 18.5. The van der Waals surface area contributed by atoms with E-state index in [1.165, 1.54) is 16.9 Å². The minimum Gasteiger partial charge on any atom is -0.383 e. The Balaban J connectivity index is 0. The van der Waals surface area contributed by atoms with E-state index in [-0.39, 0.29) is 19.9 Å². The maximum atomic E-state index is 12.2. The molecule has 0 radical (unpaired) electrons. The number of carbonyl (C=O) groups is 2. The van der Waals surface area contributed by atoms with Gasteiger partial charge in [-0.1, -0.05) is 78.0 Å². The number of nitrogens with one attached hydrogen (secondary N) is 1. The van der Waals surface area contributed by atoms with Gasteiger partial charge in [0.15, 0.2) is 0 Å². The van der Waals surface area contributed by atoms with Crippen LogP contribution in [0.15, 0.2) is 47.7 Å². The van der Waals surface area contributed by atoms with E-state index in [1.807, 2.05) is 44.2 Å². The van der Waals surface area contributed by atoms with Gasteiger partial charge in [-0.05, 0) is 12.0 Å². The molecule has 1 N–H and O–H groups in total. The summed E-state index contributed by atoms with van der Waals surface area (Å²) in [5.74, 6) is -0.0190. The van der Waals surface area contributed by atoms with Crippen LogP contribution in [0.5, 0.6) is 0 Å². The van der Waals surface area contributed by atoms with Crippen LogP contribution in [0.1, 0.15) is 48.0 Å². The summed E-state index contributed by atoms with van der Waals surface area (Å²) in [7, 11) is 1.61. The Morgan fingerprint density at radius 1 is 1.22 bits per heavy atom. The van der Waals surface area contributed by atoms with Gasteiger partial charge in [0, 0.05) is 25.8 Å². The average Bonchev–Trinajstić information content (AvgIpc) is 2.67. The first-order valence-corrected chi connectivity index (χ1v) is 9.51. The lowest BCUT2D eigenvalue weighted by Crippen LogP contribution is -2.44. The molecule has 2 aliphatic heterocycles. The van der Waals surface area contributed by atoms with E-state index >= 15 is 0 Å². The van der Waals surface area contributed by atoms with Crippen molar-refractivity contribution in [2.75, 3.05) is 33.2 Å². The highest BCUT2D eigenvalue weighted by atomic mass is 16.2. The van der Waals surface area contributed by atoms with Crippen LogP contribution in [-0.4, -0.2) is 55.3 Å². The van der Waals surface area contributed by atoms with Crippen molar-refractivity contribution in [2.24, 2.45) is 0 Å². The minimum absolute atomic E-state index is 0. The van der Waals surface area contributed by atoms with Crippen molar-refractivity contribution in [3.8, 4) is 0 Å². The summed E-state index contributed by atoms with van der Waals surface area (Å²) in [5, 5.41) is 3.37. The van der Waals surface area contributed by atoms with Gasteiger partial charge in [0.2, 0.25) is 12.3 Å². The standard InChI is InChI=1S/C16H21N3O2.C3H8.C2H6.CH4/c1-18(13-20)12-16(21)19-10-8-14-7-5-3-2-4-6-9-17-15(14)11-19;1-3-2;1-2;/h2-7,13,17H,8-12H2,1H3;3H2,1-2H3;1-2H3;1H4/b3-2-,6-4+,7-5+;;;. The average molecular weight is 378 g/mol. The molecule has 0 bridgehead atoms. The van der Waals surface area contributed by atoms with Gasteiger partial charge in [0.05, 0.1) is 13.1 Å². The third-order valence-electron chi connectivity index (χ3n) is 3.51. The Kier molecular flexibility index (Phi) is 17.1. The van der Waals surface area contributed by atoms with Crippen LogP contribution in [-0.2, 0) is 9.59 Å². The molecule has 0 atom stereocenters. The van der Waals surface area contributed by atoms with Crippen molar-refractivity contribution in [1.82, 2.24) is 15.1 Å². The summed E-state index contributed by atoms with van der Waals surface area (Å²) in [5.41, 5.74) is 2.32. The number of allylic oxidation sites excluding steroid dienone is 5. The van der Waals surface area contributed by atoms with Gasteiger partial charge in [-0.25, -0.2) is 0 Å². The van der Waals surface area contributed by atoms with Crippen LogP contribution in [0, 0.1) is 0 Å². The zero-order chi connectivity index (χ0) is 19.8. The molecule has 0 fully saturated rings. The predicted octanol–water partition coefficient (Wildman–Crippen LogP) is 3.91. The third kappa shape index (κ3) is 11.1. The zero-order valence-corrected chi connectivity index (χ0v) is 17.0. The molecular weight excluding hydrogens is 338 g/mol. The van der Waals surface area contributed by atoms with E-state index in [0.29, 0.717) is 19.5 Å². The van der Waals surface area contributed by atoms with Gasteiger partial charge in [-0.3, -0.25) is 9.59 Å². The van der Waals surface area contributed by atoms with E-state index in [2.05, 4.69) is 25.2 Å². The van der Waals surface area contributed by atoms with E-state index in [4.69, 9.17) is 0 Å². The fraction of sp³-hybridized carbons (Fsp3) is 0.545. The van der Waals surface area contributed by atoms with Crippen LogP contribution in [0.25, 0.3) is 0 Å². The molecular formula is C22H39N3O2. The van der Waals surface area contributed by atoms with Crippen molar-refractivity contribution in [1.29, 1.82) is 0 Å². The molecule has 2 aliphatic rings. The Morgan fingerprint density at radius 3 is 2.48 bits per heavy atom.